The molecule has 0 radical (unpaired) electrons. The number of nitrogens with one attached hydrogen (secondary N) is 1. The third-order valence-electron chi connectivity index (χ3n) is 6.15. The summed E-state index contributed by atoms with van der Waals surface area (Å²) in [6.45, 7) is 12.8. The Kier molecular flexibility index (Phi) is 4.38. The normalized spacial score (nSPS) is 27.2. The lowest BCUT2D eigenvalue weighted by molar-refractivity contribution is -0.133. The van der Waals surface area contributed by atoms with Crippen LogP contribution in [0.5, 0.6) is 0 Å². The molecule has 1 N–H and O–H groups in total. The van der Waals surface area contributed by atoms with Gasteiger partial charge >= 0.3 is 0 Å². The van der Waals surface area contributed by atoms with Crippen molar-refractivity contribution in [2.24, 2.45) is 5.41 Å². The second-order valence-corrected chi connectivity index (χ2v) is 10.2. The highest BCUT2D eigenvalue weighted by atomic mass is 16.1. The zero-order chi connectivity index (χ0) is 20.3. The topological polar surface area (TPSA) is 45.2 Å². The Labute approximate surface area is 168 Å². The van der Waals surface area contributed by atoms with Crippen LogP contribution in [0.1, 0.15) is 64.5 Å². The molecule has 28 heavy (non-hydrogen) atoms. The number of aromatic nitrogens is 1. The molecule has 0 amide bonds. The monoisotopic (exact) mass is 377 g/mol. The summed E-state index contributed by atoms with van der Waals surface area (Å²) >= 11 is 0. The molecule has 1 aromatic heterocycles. The van der Waals surface area contributed by atoms with E-state index in [0.717, 1.165) is 5.69 Å². The molecule has 3 heterocycles. The van der Waals surface area contributed by atoms with Gasteiger partial charge in [0.15, 0.2) is 5.78 Å². The maximum Gasteiger partial charge on any atom is 0.155 e. The summed E-state index contributed by atoms with van der Waals surface area (Å²) in [5, 5.41) is 3.70. The van der Waals surface area contributed by atoms with Crippen molar-refractivity contribution in [1.82, 2.24) is 9.88 Å². The third kappa shape index (κ3) is 2.95. The first-order chi connectivity index (χ1) is 13.1. The first kappa shape index (κ1) is 19.1. The molecule has 4 heteroatoms. The van der Waals surface area contributed by atoms with Crippen LogP contribution < -0.4 is 5.32 Å². The number of benzene rings is 1. The minimum atomic E-state index is -0.402. The van der Waals surface area contributed by atoms with Crippen molar-refractivity contribution in [3.63, 3.8) is 0 Å². The summed E-state index contributed by atoms with van der Waals surface area (Å²) in [7, 11) is 0. The van der Waals surface area contributed by atoms with Crippen molar-refractivity contribution in [2.45, 2.75) is 71.1 Å². The SMILES string of the molecule is CC(C)(C)C(=O)C1C(c2ccccc2)C2c3ccncc3NC2N1C(C)(C)C. The number of fused-ring (bicyclic) bond motifs is 3. The van der Waals surface area contributed by atoms with Gasteiger partial charge in [0, 0.05) is 29.0 Å². The van der Waals surface area contributed by atoms with Gasteiger partial charge in [0.1, 0.15) is 0 Å². The molecule has 0 spiro atoms. The number of Topliss-reactive ketones (excluding diaryl/α,β-unsaturated/α-hetero) is 1. The number of hydrogen-bond acceptors (Lipinski definition) is 4. The predicted molar refractivity (Wildman–Crippen MR) is 113 cm³/mol. The summed E-state index contributed by atoms with van der Waals surface area (Å²) in [5.74, 6) is 0.632. The largest absolute Gasteiger partial charge is 0.368 e. The van der Waals surface area contributed by atoms with Gasteiger partial charge in [-0.05, 0) is 38.0 Å². The van der Waals surface area contributed by atoms with Crippen molar-refractivity contribution in [2.75, 3.05) is 5.32 Å². The molecule has 2 aliphatic rings. The zero-order valence-electron chi connectivity index (χ0n) is 17.7. The Balaban J connectivity index is 1.93. The van der Waals surface area contributed by atoms with Crippen LogP contribution in [0.4, 0.5) is 5.69 Å². The van der Waals surface area contributed by atoms with Crippen molar-refractivity contribution in [3.05, 3.63) is 59.9 Å². The van der Waals surface area contributed by atoms with E-state index in [1.54, 1.807) is 0 Å². The van der Waals surface area contributed by atoms with Crippen LogP contribution in [0.15, 0.2) is 48.8 Å². The van der Waals surface area contributed by atoms with E-state index in [0.29, 0.717) is 5.78 Å². The molecule has 148 valence electrons. The number of pyridine rings is 1. The summed E-state index contributed by atoms with van der Waals surface area (Å²) < 4.78 is 0. The van der Waals surface area contributed by atoms with Crippen LogP contribution >= 0.6 is 0 Å². The predicted octanol–water partition coefficient (Wildman–Crippen LogP) is 4.80. The summed E-state index contributed by atoms with van der Waals surface area (Å²) in [6.07, 6.45) is 3.86. The van der Waals surface area contributed by atoms with Gasteiger partial charge in [-0.25, -0.2) is 0 Å². The molecule has 1 saturated heterocycles. The van der Waals surface area contributed by atoms with E-state index in [2.05, 4.69) is 66.3 Å². The molecule has 1 aromatic carbocycles. The van der Waals surface area contributed by atoms with Gasteiger partial charge in [0.2, 0.25) is 0 Å². The Bertz CT molecular complexity index is 879. The molecule has 0 bridgehead atoms. The average molecular weight is 378 g/mol. The van der Waals surface area contributed by atoms with E-state index in [1.165, 1.54) is 11.1 Å². The van der Waals surface area contributed by atoms with Gasteiger partial charge in [-0.3, -0.25) is 14.7 Å². The Morgan fingerprint density at radius 2 is 1.68 bits per heavy atom. The molecule has 4 unspecified atom stereocenters. The summed E-state index contributed by atoms with van der Waals surface area (Å²) in [6, 6.07) is 12.5. The number of carbonyl (C=O) groups is 1. The maximum atomic E-state index is 13.8. The van der Waals surface area contributed by atoms with E-state index < -0.39 is 5.41 Å². The van der Waals surface area contributed by atoms with Gasteiger partial charge in [0.05, 0.1) is 24.1 Å². The third-order valence-corrected chi connectivity index (χ3v) is 6.15. The molecule has 2 aliphatic heterocycles. The number of rotatable bonds is 2. The zero-order valence-corrected chi connectivity index (χ0v) is 17.7. The fourth-order valence-corrected chi connectivity index (χ4v) is 5.04. The minimum absolute atomic E-state index is 0.0840. The lowest BCUT2D eigenvalue weighted by Gasteiger charge is -2.42. The summed E-state index contributed by atoms with van der Waals surface area (Å²) in [5.41, 5.74) is 3.04. The molecule has 4 nitrogen and oxygen atoms in total. The van der Waals surface area contributed by atoms with Crippen molar-refractivity contribution in [3.8, 4) is 0 Å². The molecule has 4 rings (SSSR count). The van der Waals surface area contributed by atoms with Gasteiger partial charge < -0.3 is 5.32 Å². The average Bonchev–Trinajstić information content (AvgIpc) is 3.14. The van der Waals surface area contributed by atoms with E-state index in [1.807, 2.05) is 39.2 Å². The highest BCUT2D eigenvalue weighted by molar-refractivity contribution is 5.91. The number of anilines is 1. The molecular formula is C24H31N3O. The first-order valence-electron chi connectivity index (χ1n) is 10.2. The molecule has 1 fully saturated rings. The highest BCUT2D eigenvalue weighted by Crippen LogP contribution is 2.56. The second-order valence-electron chi connectivity index (χ2n) is 10.2. The Morgan fingerprint density at radius 3 is 2.29 bits per heavy atom. The lowest BCUT2D eigenvalue weighted by atomic mass is 9.74. The number of carbonyl (C=O) groups excluding carboxylic acids is 1. The Morgan fingerprint density at radius 1 is 1.00 bits per heavy atom. The molecular weight excluding hydrogens is 346 g/mol. The standard InChI is InChI=1S/C24H31N3O/c1-23(2,3)21(28)20-18(15-10-8-7-9-11-15)19-16-12-13-25-14-17(16)26-22(19)27(20)24(4,5)6/h7-14,18-20,22,26H,1-6H3. The number of nitrogens with zero attached hydrogens (tertiary/aromatic N) is 2. The van der Waals surface area contributed by atoms with Gasteiger partial charge in [-0.2, -0.15) is 0 Å². The number of likely N-dealkylation sites (tertiary alicyclic amines) is 1. The highest BCUT2D eigenvalue weighted by Gasteiger charge is 2.59. The summed E-state index contributed by atoms with van der Waals surface area (Å²) in [4.78, 5) is 20.5. The smallest absolute Gasteiger partial charge is 0.155 e. The van der Waals surface area contributed by atoms with Crippen LogP contribution in [-0.2, 0) is 4.79 Å². The van der Waals surface area contributed by atoms with Crippen molar-refractivity contribution < 1.29 is 4.79 Å². The minimum Gasteiger partial charge on any atom is -0.368 e. The molecule has 4 atom stereocenters. The van der Waals surface area contributed by atoms with Gasteiger partial charge in [-0.15, -0.1) is 0 Å². The molecule has 0 saturated carbocycles. The Hall–Kier alpha value is -2.20. The van der Waals surface area contributed by atoms with E-state index in [4.69, 9.17) is 0 Å². The van der Waals surface area contributed by atoms with Crippen molar-refractivity contribution >= 4 is 11.5 Å². The number of hydrogen-bond donors (Lipinski definition) is 1. The fraction of sp³-hybridized carbons (Fsp3) is 0.500. The quantitative estimate of drug-likeness (QED) is 0.817. The van der Waals surface area contributed by atoms with E-state index in [-0.39, 0.29) is 29.6 Å². The number of ketones is 1. The van der Waals surface area contributed by atoms with Crippen molar-refractivity contribution in [1.29, 1.82) is 0 Å². The maximum absolute atomic E-state index is 13.8. The first-order valence-corrected chi connectivity index (χ1v) is 10.2. The van der Waals surface area contributed by atoms with Crippen LogP contribution in [0.3, 0.4) is 0 Å². The molecule has 2 aromatic rings. The van der Waals surface area contributed by atoms with Crippen LogP contribution in [0.25, 0.3) is 0 Å². The molecule has 0 aliphatic carbocycles. The van der Waals surface area contributed by atoms with Gasteiger partial charge in [-0.1, -0.05) is 51.1 Å². The van der Waals surface area contributed by atoms with Crippen LogP contribution in [0.2, 0.25) is 0 Å². The fourth-order valence-electron chi connectivity index (χ4n) is 5.04. The van der Waals surface area contributed by atoms with Gasteiger partial charge in [0.25, 0.3) is 0 Å². The van der Waals surface area contributed by atoms with E-state index >= 15 is 0 Å². The van der Waals surface area contributed by atoms with E-state index in [9.17, 15) is 4.79 Å². The van der Waals surface area contributed by atoms with Crippen LogP contribution in [0, 0.1) is 5.41 Å². The lowest BCUT2D eigenvalue weighted by Crippen LogP contribution is -2.56. The second kappa shape index (κ2) is 6.41. The van der Waals surface area contributed by atoms with Crippen LogP contribution in [-0.4, -0.2) is 33.4 Å².